The summed E-state index contributed by atoms with van der Waals surface area (Å²) in [7, 11) is 0. The van der Waals surface area contributed by atoms with Crippen molar-refractivity contribution in [2.45, 2.75) is 84.3 Å². The number of nitrogens with two attached hydrogens (primary N) is 1. The van der Waals surface area contributed by atoms with Gasteiger partial charge in [-0.2, -0.15) is 0 Å². The first-order valence-corrected chi connectivity index (χ1v) is 8.95. The first kappa shape index (κ1) is 20.6. The maximum absolute atomic E-state index is 12.5. The van der Waals surface area contributed by atoms with Crippen LogP contribution in [0.3, 0.4) is 0 Å². The van der Waals surface area contributed by atoms with Crippen LogP contribution in [0.25, 0.3) is 0 Å². The number of Topliss-reactive ketones (excluding diaryl/α,β-unsaturated/α-hetero) is 1. The molecule has 2 unspecified atom stereocenters. The van der Waals surface area contributed by atoms with Gasteiger partial charge in [-0.15, -0.1) is 0 Å². The Kier molecular flexibility index (Phi) is 7.87. The molecule has 6 heteroatoms. The zero-order chi connectivity index (χ0) is 18.3. The Morgan fingerprint density at radius 2 is 1.75 bits per heavy atom. The molecule has 0 aromatic carbocycles. The molecule has 0 radical (unpaired) electrons. The third-order valence-corrected chi connectivity index (χ3v) is 4.96. The van der Waals surface area contributed by atoms with Gasteiger partial charge in [-0.1, -0.05) is 46.5 Å². The van der Waals surface area contributed by atoms with Crippen LogP contribution in [-0.2, 0) is 19.1 Å². The molecule has 2 atom stereocenters. The largest absolute Gasteiger partial charge is 0.481 e. The summed E-state index contributed by atoms with van der Waals surface area (Å²) in [4.78, 5) is 36.0. The minimum absolute atomic E-state index is 0.117. The Morgan fingerprint density at radius 1 is 1.17 bits per heavy atom. The highest BCUT2D eigenvalue weighted by molar-refractivity contribution is 5.88. The lowest BCUT2D eigenvalue weighted by Crippen LogP contribution is -2.51. The maximum atomic E-state index is 12.5. The van der Waals surface area contributed by atoms with Crippen LogP contribution in [-0.4, -0.2) is 35.0 Å². The van der Waals surface area contributed by atoms with Gasteiger partial charge in [0.2, 0.25) is 0 Å². The summed E-state index contributed by atoms with van der Waals surface area (Å²) >= 11 is 0. The van der Waals surface area contributed by atoms with Crippen LogP contribution in [0.1, 0.15) is 72.1 Å². The summed E-state index contributed by atoms with van der Waals surface area (Å²) in [5.41, 5.74) is 5.38. The topological polar surface area (TPSA) is 107 Å². The van der Waals surface area contributed by atoms with Gasteiger partial charge in [0, 0.05) is 11.3 Å². The third kappa shape index (κ3) is 5.30. The molecule has 0 saturated heterocycles. The number of carbonyl (C=O) groups excluding carboxylic acids is 2. The van der Waals surface area contributed by atoms with E-state index in [9.17, 15) is 19.5 Å². The van der Waals surface area contributed by atoms with E-state index in [1.165, 1.54) is 0 Å². The minimum Gasteiger partial charge on any atom is -0.481 e. The van der Waals surface area contributed by atoms with Crippen molar-refractivity contribution in [3.8, 4) is 0 Å². The van der Waals surface area contributed by atoms with Crippen LogP contribution in [0.4, 0.5) is 0 Å². The fraction of sp³-hybridized carbons (Fsp3) is 0.833. The average Bonchev–Trinajstić information content (AvgIpc) is 2.53. The lowest BCUT2D eigenvalue weighted by Gasteiger charge is -2.40. The molecule has 24 heavy (non-hydrogen) atoms. The Hall–Kier alpha value is -1.43. The average molecular weight is 341 g/mol. The van der Waals surface area contributed by atoms with Gasteiger partial charge in [0.1, 0.15) is 6.04 Å². The molecule has 0 aromatic heterocycles. The molecule has 6 nitrogen and oxygen atoms in total. The number of aliphatic carboxylic acids is 1. The molecule has 0 heterocycles. The molecule has 138 valence electrons. The molecule has 0 aromatic rings. The van der Waals surface area contributed by atoms with Crippen molar-refractivity contribution in [3.63, 3.8) is 0 Å². The molecule has 1 fully saturated rings. The Bertz CT molecular complexity index is 454. The van der Waals surface area contributed by atoms with Crippen molar-refractivity contribution in [2.24, 2.45) is 17.1 Å². The fourth-order valence-electron chi connectivity index (χ4n) is 3.51. The Morgan fingerprint density at radius 3 is 2.21 bits per heavy atom. The summed E-state index contributed by atoms with van der Waals surface area (Å²) in [6.07, 6.45) is 4.19. The van der Waals surface area contributed by atoms with Gasteiger partial charge in [0.15, 0.2) is 11.9 Å². The van der Waals surface area contributed by atoms with Crippen LogP contribution in [0, 0.1) is 11.3 Å². The number of hydrogen-bond acceptors (Lipinski definition) is 5. The number of esters is 1. The van der Waals surface area contributed by atoms with Gasteiger partial charge >= 0.3 is 11.9 Å². The second kappa shape index (κ2) is 9.16. The molecule has 1 saturated carbocycles. The number of carbonyl (C=O) groups is 3. The lowest BCUT2D eigenvalue weighted by molar-refractivity contribution is -0.162. The summed E-state index contributed by atoms with van der Waals surface area (Å²) in [5, 5.41) is 9.23. The van der Waals surface area contributed by atoms with E-state index in [0.29, 0.717) is 25.7 Å². The maximum Gasteiger partial charge on any atom is 0.324 e. The van der Waals surface area contributed by atoms with Gasteiger partial charge in [0.05, 0.1) is 6.42 Å². The molecule has 0 amide bonds. The highest BCUT2D eigenvalue weighted by Gasteiger charge is 2.45. The van der Waals surface area contributed by atoms with Crippen molar-refractivity contribution in [2.75, 3.05) is 0 Å². The molecule has 1 rings (SSSR count). The van der Waals surface area contributed by atoms with Crippen LogP contribution >= 0.6 is 0 Å². The van der Waals surface area contributed by atoms with Crippen LogP contribution in [0.5, 0.6) is 0 Å². The van der Waals surface area contributed by atoms with E-state index in [0.717, 1.165) is 19.3 Å². The normalized spacial score (nSPS) is 19.5. The van der Waals surface area contributed by atoms with Crippen LogP contribution in [0.2, 0.25) is 0 Å². The minimum atomic E-state index is -1.01. The summed E-state index contributed by atoms with van der Waals surface area (Å²) in [5.74, 6) is -1.95. The first-order chi connectivity index (χ1) is 11.2. The monoisotopic (exact) mass is 341 g/mol. The van der Waals surface area contributed by atoms with E-state index in [1.54, 1.807) is 13.8 Å². The van der Waals surface area contributed by atoms with Crippen molar-refractivity contribution in [1.82, 2.24) is 0 Å². The molecule has 1 aliphatic carbocycles. The predicted octanol–water partition coefficient (Wildman–Crippen LogP) is 2.68. The second-order valence-corrected chi connectivity index (χ2v) is 7.24. The molecule has 1 aliphatic rings. The van der Waals surface area contributed by atoms with E-state index in [2.05, 4.69) is 0 Å². The number of ether oxygens (including phenoxy) is 1. The van der Waals surface area contributed by atoms with Crippen molar-refractivity contribution in [3.05, 3.63) is 0 Å². The molecule has 0 spiro atoms. The molecular weight excluding hydrogens is 310 g/mol. The van der Waals surface area contributed by atoms with Crippen molar-refractivity contribution >= 4 is 17.7 Å². The van der Waals surface area contributed by atoms with Gasteiger partial charge in [-0.25, -0.2) is 0 Å². The van der Waals surface area contributed by atoms with Gasteiger partial charge in [-0.3, -0.25) is 14.4 Å². The quantitative estimate of drug-likeness (QED) is 0.624. The zero-order valence-electron chi connectivity index (χ0n) is 15.0. The molecule has 0 bridgehead atoms. The van der Waals surface area contributed by atoms with E-state index >= 15 is 0 Å². The fourth-order valence-corrected chi connectivity index (χ4v) is 3.51. The SMILES string of the molecule is CCCC(OC(=O)C(N)C1(CC(=O)O)CCCCC1)C(=O)C(C)C. The van der Waals surface area contributed by atoms with Crippen molar-refractivity contribution in [1.29, 1.82) is 0 Å². The zero-order valence-corrected chi connectivity index (χ0v) is 15.0. The molecule has 3 N–H and O–H groups in total. The highest BCUT2D eigenvalue weighted by atomic mass is 16.5. The van der Waals surface area contributed by atoms with E-state index in [1.807, 2.05) is 6.92 Å². The van der Waals surface area contributed by atoms with E-state index < -0.39 is 29.5 Å². The number of rotatable bonds is 9. The number of hydrogen-bond donors (Lipinski definition) is 2. The van der Waals surface area contributed by atoms with Gasteiger partial charge < -0.3 is 15.6 Å². The molecular formula is C18H31NO5. The number of carboxylic acids is 1. The lowest BCUT2D eigenvalue weighted by atomic mass is 9.67. The van der Waals surface area contributed by atoms with Gasteiger partial charge in [-0.05, 0) is 19.3 Å². The standard InChI is InChI=1S/C18H31NO5/c1-4-8-13(15(22)12(2)3)24-17(23)16(19)18(11-14(20)21)9-6-5-7-10-18/h12-13,16H,4-11,19H2,1-3H3,(H,20,21). The molecule has 0 aliphatic heterocycles. The predicted molar refractivity (Wildman–Crippen MR) is 90.4 cm³/mol. The van der Waals surface area contributed by atoms with Crippen LogP contribution < -0.4 is 5.73 Å². The smallest absolute Gasteiger partial charge is 0.324 e. The number of ketones is 1. The Balaban J connectivity index is 2.88. The van der Waals surface area contributed by atoms with Crippen molar-refractivity contribution < 1.29 is 24.2 Å². The number of carboxylic acid groups (broad SMARTS) is 1. The van der Waals surface area contributed by atoms with Crippen LogP contribution in [0.15, 0.2) is 0 Å². The third-order valence-electron chi connectivity index (χ3n) is 4.96. The summed E-state index contributed by atoms with van der Waals surface area (Å²) in [6.45, 7) is 5.46. The first-order valence-electron chi connectivity index (χ1n) is 8.95. The summed E-state index contributed by atoms with van der Waals surface area (Å²) in [6, 6.07) is -1.01. The highest BCUT2D eigenvalue weighted by Crippen LogP contribution is 2.42. The van der Waals surface area contributed by atoms with E-state index in [4.69, 9.17) is 10.5 Å². The summed E-state index contributed by atoms with van der Waals surface area (Å²) < 4.78 is 5.43. The van der Waals surface area contributed by atoms with E-state index in [-0.39, 0.29) is 18.1 Å². The second-order valence-electron chi connectivity index (χ2n) is 7.24. The van der Waals surface area contributed by atoms with Gasteiger partial charge in [0.25, 0.3) is 0 Å². The Labute approximate surface area is 144 Å².